The molecule has 0 aliphatic rings. The highest BCUT2D eigenvalue weighted by Crippen LogP contribution is 2.21. The maximum absolute atomic E-state index is 12.5. The van der Waals surface area contributed by atoms with Gasteiger partial charge in [-0.2, -0.15) is 0 Å². The number of esters is 2. The highest BCUT2D eigenvalue weighted by atomic mass is 16.6. The molecule has 0 fully saturated rings. The average molecular weight is 415 g/mol. The molecule has 9 heteroatoms. The molecular formula is C21H25N3O6. The van der Waals surface area contributed by atoms with Gasteiger partial charge in [0.25, 0.3) is 5.91 Å². The van der Waals surface area contributed by atoms with Crippen LogP contribution in [0, 0.1) is 13.8 Å². The summed E-state index contributed by atoms with van der Waals surface area (Å²) in [5.74, 6) is -2.18. The lowest BCUT2D eigenvalue weighted by atomic mass is 10.1. The molecule has 1 aromatic carbocycles. The van der Waals surface area contributed by atoms with Gasteiger partial charge in [-0.25, -0.2) is 14.4 Å². The third-order valence-corrected chi connectivity index (χ3v) is 4.11. The highest BCUT2D eigenvalue weighted by Gasteiger charge is 2.27. The number of para-hydroxylation sites is 1. The molecule has 0 saturated heterocycles. The van der Waals surface area contributed by atoms with Crippen molar-refractivity contribution >= 4 is 29.6 Å². The molecule has 0 spiro atoms. The van der Waals surface area contributed by atoms with E-state index in [4.69, 9.17) is 9.47 Å². The zero-order valence-corrected chi connectivity index (χ0v) is 17.5. The molecule has 2 rings (SSSR count). The van der Waals surface area contributed by atoms with Gasteiger partial charge in [-0.3, -0.25) is 10.1 Å². The summed E-state index contributed by atoms with van der Waals surface area (Å²) in [7, 11) is 0. The van der Waals surface area contributed by atoms with Crippen molar-refractivity contribution in [2.24, 2.45) is 0 Å². The van der Waals surface area contributed by atoms with E-state index in [-0.39, 0.29) is 17.4 Å². The second-order valence-electron chi connectivity index (χ2n) is 6.94. The summed E-state index contributed by atoms with van der Waals surface area (Å²) in [6, 6.07) is 7.81. The minimum absolute atomic E-state index is 0.0385. The molecule has 0 radical (unpaired) electrons. The number of carbonyl (C=O) groups is 4. The van der Waals surface area contributed by atoms with Crippen molar-refractivity contribution in [2.75, 3.05) is 5.32 Å². The van der Waals surface area contributed by atoms with Crippen LogP contribution in [0.1, 0.15) is 52.9 Å². The first-order valence-electron chi connectivity index (χ1n) is 9.38. The van der Waals surface area contributed by atoms with Crippen molar-refractivity contribution in [3.05, 3.63) is 52.8 Å². The summed E-state index contributed by atoms with van der Waals surface area (Å²) < 4.78 is 10.3. The fraction of sp³-hybridized carbons (Fsp3) is 0.333. The quantitative estimate of drug-likeness (QED) is 0.622. The Morgan fingerprint density at radius 2 is 1.57 bits per heavy atom. The zero-order valence-electron chi connectivity index (χ0n) is 17.5. The Balaban J connectivity index is 2.00. The van der Waals surface area contributed by atoms with Crippen LogP contribution in [0.15, 0.2) is 30.3 Å². The molecule has 1 heterocycles. The predicted molar refractivity (Wildman–Crippen MR) is 109 cm³/mol. The first kappa shape index (κ1) is 22.7. The summed E-state index contributed by atoms with van der Waals surface area (Å²) in [5, 5.41) is 4.60. The topological polar surface area (TPSA) is 127 Å². The van der Waals surface area contributed by atoms with E-state index in [1.807, 2.05) is 0 Å². The Hall–Kier alpha value is -3.62. The van der Waals surface area contributed by atoms with Crippen molar-refractivity contribution in [3.8, 4) is 0 Å². The second-order valence-corrected chi connectivity index (χ2v) is 6.94. The number of amides is 3. The third kappa shape index (κ3) is 5.69. The van der Waals surface area contributed by atoms with Crippen LogP contribution in [-0.4, -0.2) is 41.1 Å². The smallest absolute Gasteiger partial charge is 0.355 e. The normalized spacial score (nSPS) is 11.5. The van der Waals surface area contributed by atoms with E-state index in [0.717, 1.165) is 0 Å². The summed E-state index contributed by atoms with van der Waals surface area (Å²) in [4.78, 5) is 51.6. The van der Waals surface area contributed by atoms with E-state index < -0.39 is 30.0 Å². The fourth-order valence-electron chi connectivity index (χ4n) is 2.70. The van der Waals surface area contributed by atoms with Gasteiger partial charge in [0.15, 0.2) is 6.10 Å². The van der Waals surface area contributed by atoms with Crippen LogP contribution < -0.4 is 10.6 Å². The lowest BCUT2D eigenvalue weighted by Gasteiger charge is -2.13. The number of hydrogen-bond acceptors (Lipinski definition) is 6. The van der Waals surface area contributed by atoms with Gasteiger partial charge in [0, 0.05) is 11.4 Å². The number of H-pyrrole nitrogens is 1. The Labute approximate surface area is 174 Å². The van der Waals surface area contributed by atoms with Gasteiger partial charge < -0.3 is 19.8 Å². The van der Waals surface area contributed by atoms with Gasteiger partial charge >= 0.3 is 18.0 Å². The van der Waals surface area contributed by atoms with Crippen LogP contribution in [-0.2, 0) is 14.3 Å². The van der Waals surface area contributed by atoms with Crippen LogP contribution in [0.25, 0.3) is 0 Å². The molecule has 1 unspecified atom stereocenters. The first-order chi connectivity index (χ1) is 14.1. The Kier molecular flexibility index (Phi) is 7.35. The van der Waals surface area contributed by atoms with Crippen molar-refractivity contribution in [3.63, 3.8) is 0 Å². The number of hydrogen-bond donors (Lipinski definition) is 3. The summed E-state index contributed by atoms with van der Waals surface area (Å²) in [5.41, 5.74) is 1.60. The van der Waals surface area contributed by atoms with Crippen LogP contribution >= 0.6 is 0 Å². The maximum Gasteiger partial charge on any atom is 0.355 e. The highest BCUT2D eigenvalue weighted by molar-refractivity contribution is 6.04. The lowest BCUT2D eigenvalue weighted by molar-refractivity contribution is -0.127. The third-order valence-electron chi connectivity index (χ3n) is 4.11. The molecule has 3 N–H and O–H groups in total. The largest absolute Gasteiger partial charge is 0.459 e. The van der Waals surface area contributed by atoms with Crippen LogP contribution in [0.5, 0.6) is 0 Å². The molecule has 3 amide bonds. The van der Waals surface area contributed by atoms with Gasteiger partial charge in [-0.05, 0) is 52.3 Å². The van der Waals surface area contributed by atoms with E-state index in [1.54, 1.807) is 58.0 Å². The van der Waals surface area contributed by atoms with Gasteiger partial charge in [0.1, 0.15) is 5.69 Å². The molecule has 30 heavy (non-hydrogen) atoms. The number of carbonyl (C=O) groups excluding carboxylic acids is 4. The van der Waals surface area contributed by atoms with E-state index in [1.165, 1.54) is 6.92 Å². The SMILES string of the molecule is Cc1[nH]c(C(=O)OC(C)C(=O)NC(=O)Nc2ccccc2)c(C)c1C(=O)OC(C)C. The maximum atomic E-state index is 12.5. The van der Waals surface area contributed by atoms with Crippen LogP contribution in [0.2, 0.25) is 0 Å². The summed E-state index contributed by atoms with van der Waals surface area (Å²) >= 11 is 0. The number of ether oxygens (including phenoxy) is 2. The number of rotatable bonds is 6. The summed E-state index contributed by atoms with van der Waals surface area (Å²) in [6.07, 6.45) is -1.56. The number of anilines is 1. The molecule has 1 atom stereocenters. The lowest BCUT2D eigenvalue weighted by Crippen LogP contribution is -2.41. The molecule has 0 saturated carbocycles. The second kappa shape index (κ2) is 9.73. The molecule has 1 aromatic heterocycles. The Bertz CT molecular complexity index is 949. The van der Waals surface area contributed by atoms with Crippen LogP contribution in [0.4, 0.5) is 10.5 Å². The number of nitrogens with one attached hydrogen (secondary N) is 3. The number of aromatic nitrogens is 1. The van der Waals surface area contributed by atoms with Crippen molar-refractivity contribution in [2.45, 2.75) is 46.8 Å². The Morgan fingerprint density at radius 3 is 2.17 bits per heavy atom. The van der Waals surface area contributed by atoms with Crippen molar-refractivity contribution in [1.82, 2.24) is 10.3 Å². The van der Waals surface area contributed by atoms with Crippen molar-refractivity contribution < 1.29 is 28.7 Å². The molecule has 0 bridgehead atoms. The number of urea groups is 1. The van der Waals surface area contributed by atoms with Gasteiger partial charge in [-0.1, -0.05) is 18.2 Å². The minimum Gasteiger partial charge on any atom is -0.459 e. The predicted octanol–water partition coefficient (Wildman–Crippen LogP) is 3.09. The molecule has 0 aliphatic heterocycles. The van der Waals surface area contributed by atoms with Gasteiger partial charge in [-0.15, -0.1) is 0 Å². The molecule has 9 nitrogen and oxygen atoms in total. The zero-order chi connectivity index (χ0) is 22.4. The van der Waals surface area contributed by atoms with Gasteiger partial charge in [0.2, 0.25) is 0 Å². The summed E-state index contributed by atoms with van der Waals surface area (Å²) in [6.45, 7) is 7.99. The van der Waals surface area contributed by atoms with Crippen molar-refractivity contribution in [1.29, 1.82) is 0 Å². The standard InChI is InChI=1S/C21H25N3O6/c1-11(2)29-19(26)16-12(3)17(22-13(16)4)20(27)30-14(5)18(25)24-21(28)23-15-9-7-6-8-10-15/h6-11,14,22H,1-5H3,(H2,23,24,25,28). The molecular weight excluding hydrogens is 390 g/mol. The van der Waals surface area contributed by atoms with Gasteiger partial charge in [0.05, 0.1) is 11.7 Å². The monoisotopic (exact) mass is 415 g/mol. The Morgan fingerprint density at radius 1 is 0.933 bits per heavy atom. The average Bonchev–Trinajstić information content (AvgIpc) is 2.96. The van der Waals surface area contributed by atoms with E-state index in [2.05, 4.69) is 15.6 Å². The van der Waals surface area contributed by atoms with E-state index in [9.17, 15) is 19.2 Å². The van der Waals surface area contributed by atoms with E-state index in [0.29, 0.717) is 16.9 Å². The number of imide groups is 1. The molecule has 2 aromatic rings. The number of aryl methyl sites for hydroxylation is 1. The molecule has 160 valence electrons. The fourth-order valence-corrected chi connectivity index (χ4v) is 2.70. The van der Waals surface area contributed by atoms with E-state index >= 15 is 0 Å². The molecule has 0 aliphatic carbocycles. The first-order valence-corrected chi connectivity index (χ1v) is 9.38. The number of aromatic amines is 1. The number of benzene rings is 1. The van der Waals surface area contributed by atoms with Crippen LogP contribution in [0.3, 0.4) is 0 Å². The minimum atomic E-state index is -1.24.